The van der Waals surface area contributed by atoms with Crippen LogP contribution in [0, 0.1) is 6.92 Å². The summed E-state index contributed by atoms with van der Waals surface area (Å²) in [4.78, 5) is 29.7. The van der Waals surface area contributed by atoms with Gasteiger partial charge in [-0.1, -0.05) is 12.1 Å². The largest absolute Gasteiger partial charge is 0.327 e. The topological polar surface area (TPSA) is 62.2 Å². The number of thiazole rings is 1. The second-order valence-corrected chi connectivity index (χ2v) is 7.07. The number of rotatable bonds is 2. The highest BCUT2D eigenvalue weighted by molar-refractivity contribution is 7.09. The number of halogens is 1. The summed E-state index contributed by atoms with van der Waals surface area (Å²) in [5.74, 6) is 0.475. The van der Waals surface area contributed by atoms with E-state index < -0.39 is 0 Å². The molecule has 0 radical (unpaired) electrons. The smallest absolute Gasteiger partial charge is 0.260 e. The molecule has 0 aliphatic carbocycles. The van der Waals surface area contributed by atoms with E-state index in [1.807, 2.05) is 48.5 Å². The van der Waals surface area contributed by atoms with Crippen LogP contribution in [0.1, 0.15) is 21.1 Å². The van der Waals surface area contributed by atoms with Gasteiger partial charge in [-0.15, -0.1) is 11.3 Å². The first-order valence-corrected chi connectivity index (χ1v) is 8.88. The van der Waals surface area contributed by atoms with Crippen LogP contribution >= 0.6 is 22.9 Å². The van der Waals surface area contributed by atoms with Crippen LogP contribution in [-0.2, 0) is 6.54 Å². The van der Waals surface area contributed by atoms with Crippen molar-refractivity contribution in [3.05, 3.63) is 57.4 Å². The van der Waals surface area contributed by atoms with Crippen molar-refractivity contribution < 1.29 is 4.79 Å². The number of benzene rings is 1. The lowest BCUT2D eigenvalue weighted by Gasteiger charge is -2.22. The third-order valence-electron chi connectivity index (χ3n) is 4.06. The van der Waals surface area contributed by atoms with Crippen molar-refractivity contribution in [1.29, 1.82) is 0 Å². The van der Waals surface area contributed by atoms with Crippen LogP contribution in [0.4, 0.5) is 17.2 Å². The highest BCUT2D eigenvalue weighted by atomic mass is 35.5. The van der Waals surface area contributed by atoms with Crippen LogP contribution < -0.4 is 9.80 Å². The molecule has 8 heteroatoms. The summed E-state index contributed by atoms with van der Waals surface area (Å²) in [6.45, 7) is 2.29. The molecule has 0 saturated carbocycles. The number of aromatic nitrogens is 3. The number of amides is 1. The Morgan fingerprint density at radius 2 is 2.00 bits per heavy atom. The molecule has 0 N–H and O–H groups in total. The minimum absolute atomic E-state index is 0.113. The van der Waals surface area contributed by atoms with Crippen LogP contribution in [0.15, 0.2) is 35.8 Å². The van der Waals surface area contributed by atoms with E-state index >= 15 is 0 Å². The number of hydrogen-bond acceptors (Lipinski definition) is 6. The van der Waals surface area contributed by atoms with Crippen LogP contribution in [0.3, 0.4) is 0 Å². The van der Waals surface area contributed by atoms with Gasteiger partial charge < -0.3 is 4.90 Å². The zero-order valence-corrected chi connectivity index (χ0v) is 15.2. The van der Waals surface area contributed by atoms with E-state index in [2.05, 4.69) is 15.0 Å². The van der Waals surface area contributed by atoms with Crippen molar-refractivity contribution in [2.75, 3.05) is 16.8 Å². The number of carbonyl (C=O) groups is 1. The molecule has 0 spiro atoms. The second-order valence-electron chi connectivity index (χ2n) is 5.67. The third-order valence-corrected chi connectivity index (χ3v) is 5.06. The molecule has 0 bridgehead atoms. The number of hydrogen-bond donors (Lipinski definition) is 0. The Bertz CT molecular complexity index is 973. The standard InChI is InChI=1S/C17H14ClN5OS/c1-10-20-11(9-25-10)8-23-14-7-19-17(18)21-15(14)22(2)13-6-4-3-5-12(13)16(23)24/h3-7,9H,8H2,1-2H3. The van der Waals surface area contributed by atoms with Gasteiger partial charge in [0.2, 0.25) is 5.28 Å². The van der Waals surface area contributed by atoms with Crippen molar-refractivity contribution >= 4 is 46.0 Å². The Labute approximate surface area is 153 Å². The maximum Gasteiger partial charge on any atom is 0.260 e. The minimum atomic E-state index is -0.113. The number of nitrogens with zero attached hydrogens (tertiary/aromatic N) is 5. The van der Waals surface area contributed by atoms with Gasteiger partial charge in [0, 0.05) is 12.4 Å². The summed E-state index contributed by atoms with van der Waals surface area (Å²) in [5, 5.41) is 3.06. The average Bonchev–Trinajstić information content (AvgIpc) is 3.00. The minimum Gasteiger partial charge on any atom is -0.327 e. The monoisotopic (exact) mass is 371 g/mol. The lowest BCUT2D eigenvalue weighted by molar-refractivity contribution is 0.0986. The molecule has 25 heavy (non-hydrogen) atoms. The van der Waals surface area contributed by atoms with E-state index in [9.17, 15) is 4.79 Å². The molecule has 1 aliphatic rings. The normalized spacial score (nSPS) is 13.5. The van der Waals surface area contributed by atoms with Crippen molar-refractivity contribution in [2.24, 2.45) is 0 Å². The van der Waals surface area contributed by atoms with Gasteiger partial charge in [-0.05, 0) is 30.7 Å². The van der Waals surface area contributed by atoms with E-state index in [-0.39, 0.29) is 11.2 Å². The fourth-order valence-electron chi connectivity index (χ4n) is 2.90. The van der Waals surface area contributed by atoms with Gasteiger partial charge in [-0.3, -0.25) is 9.69 Å². The Hall–Kier alpha value is -2.51. The fourth-order valence-corrected chi connectivity index (χ4v) is 3.63. The second kappa shape index (κ2) is 6.09. The zero-order valence-electron chi connectivity index (χ0n) is 13.6. The third kappa shape index (κ3) is 2.75. The van der Waals surface area contributed by atoms with E-state index in [1.165, 1.54) is 0 Å². The molecule has 1 amide bonds. The molecule has 0 atom stereocenters. The number of para-hydroxylation sites is 1. The highest BCUT2D eigenvalue weighted by Crippen LogP contribution is 2.39. The molecule has 4 rings (SSSR count). The predicted octanol–water partition coefficient (Wildman–Crippen LogP) is 3.82. The van der Waals surface area contributed by atoms with E-state index in [4.69, 9.17) is 11.6 Å². The number of fused-ring (bicyclic) bond motifs is 2. The van der Waals surface area contributed by atoms with Crippen molar-refractivity contribution in [3.8, 4) is 0 Å². The first-order chi connectivity index (χ1) is 12.0. The van der Waals surface area contributed by atoms with Crippen molar-refractivity contribution in [2.45, 2.75) is 13.5 Å². The number of anilines is 3. The molecular weight excluding hydrogens is 358 g/mol. The van der Waals surface area contributed by atoms with Crippen molar-refractivity contribution in [1.82, 2.24) is 15.0 Å². The predicted molar refractivity (Wildman–Crippen MR) is 98.9 cm³/mol. The maximum atomic E-state index is 13.2. The van der Waals surface area contributed by atoms with Gasteiger partial charge in [-0.25, -0.2) is 9.97 Å². The molecular formula is C17H14ClN5OS. The molecule has 2 aromatic heterocycles. The SMILES string of the molecule is Cc1nc(CN2C(=O)c3ccccc3N(C)c3nc(Cl)ncc32)cs1. The first kappa shape index (κ1) is 16.0. The van der Waals surface area contributed by atoms with E-state index in [0.717, 1.165) is 16.4 Å². The van der Waals surface area contributed by atoms with Crippen molar-refractivity contribution in [3.63, 3.8) is 0 Å². The number of carbonyl (C=O) groups excluding carboxylic acids is 1. The van der Waals surface area contributed by atoms with Crippen LogP contribution in [0.25, 0.3) is 0 Å². The molecule has 0 unspecified atom stereocenters. The molecule has 1 aliphatic heterocycles. The maximum absolute atomic E-state index is 13.2. The van der Waals surface area contributed by atoms with Gasteiger partial charge in [0.15, 0.2) is 5.82 Å². The Morgan fingerprint density at radius 1 is 1.20 bits per heavy atom. The van der Waals surface area contributed by atoms with Gasteiger partial charge in [-0.2, -0.15) is 4.98 Å². The molecule has 0 fully saturated rings. The van der Waals surface area contributed by atoms with Crippen LogP contribution in [0.5, 0.6) is 0 Å². The summed E-state index contributed by atoms with van der Waals surface area (Å²) in [6.07, 6.45) is 1.59. The Morgan fingerprint density at radius 3 is 2.76 bits per heavy atom. The van der Waals surface area contributed by atoms with Gasteiger partial charge in [0.05, 0.1) is 34.7 Å². The van der Waals surface area contributed by atoms with Crippen LogP contribution in [-0.4, -0.2) is 27.9 Å². The Kier molecular flexibility index (Phi) is 3.89. The van der Waals surface area contributed by atoms with Gasteiger partial charge >= 0.3 is 0 Å². The molecule has 6 nitrogen and oxygen atoms in total. The lowest BCUT2D eigenvalue weighted by atomic mass is 10.1. The highest BCUT2D eigenvalue weighted by Gasteiger charge is 2.31. The summed E-state index contributed by atoms with van der Waals surface area (Å²) in [5.41, 5.74) is 2.82. The quantitative estimate of drug-likeness (QED) is 0.641. The summed E-state index contributed by atoms with van der Waals surface area (Å²) in [7, 11) is 1.87. The molecule has 126 valence electrons. The first-order valence-electron chi connectivity index (χ1n) is 7.63. The average molecular weight is 372 g/mol. The molecule has 0 saturated heterocycles. The summed E-state index contributed by atoms with van der Waals surface area (Å²) >= 11 is 7.56. The summed E-state index contributed by atoms with van der Waals surface area (Å²) < 4.78 is 0. The lowest BCUT2D eigenvalue weighted by Crippen LogP contribution is -2.30. The fraction of sp³-hybridized carbons (Fsp3) is 0.176. The van der Waals surface area contributed by atoms with E-state index in [0.29, 0.717) is 23.6 Å². The molecule has 1 aromatic carbocycles. The van der Waals surface area contributed by atoms with Crippen LogP contribution in [0.2, 0.25) is 5.28 Å². The van der Waals surface area contributed by atoms with Gasteiger partial charge in [0.1, 0.15) is 5.69 Å². The Balaban J connectivity index is 1.90. The van der Waals surface area contributed by atoms with E-state index in [1.54, 1.807) is 22.4 Å². The van der Waals surface area contributed by atoms with Gasteiger partial charge in [0.25, 0.3) is 5.91 Å². The molecule has 3 heterocycles. The number of aryl methyl sites for hydroxylation is 1. The summed E-state index contributed by atoms with van der Waals surface area (Å²) in [6, 6.07) is 7.45. The zero-order chi connectivity index (χ0) is 17.6. The molecule has 3 aromatic rings.